The zero-order valence-corrected chi connectivity index (χ0v) is 19.9. The number of aryl methyl sites for hydroxylation is 4. The Hall–Kier alpha value is -3.94. The molecular weight excluding hydrogens is 435 g/mol. The first kappa shape index (κ1) is 23.2. The number of carbonyl (C=O) groups is 1. The first-order valence-electron chi connectivity index (χ1n) is 11.0. The van der Waals surface area contributed by atoms with Gasteiger partial charge in [-0.3, -0.25) is 9.48 Å². The highest BCUT2D eigenvalue weighted by atomic mass is 19.1. The number of benzene rings is 2. The van der Waals surface area contributed by atoms with Crippen LogP contribution in [0.4, 0.5) is 10.1 Å². The summed E-state index contributed by atoms with van der Waals surface area (Å²) in [4.78, 5) is 13.1. The lowest BCUT2D eigenvalue weighted by molar-refractivity contribution is 0.101. The number of carbonyl (C=O) groups excluding carboxylic acids is 1. The van der Waals surface area contributed by atoms with Crippen LogP contribution >= 0.6 is 0 Å². The Morgan fingerprint density at radius 1 is 1.06 bits per heavy atom. The molecule has 176 valence electrons. The van der Waals surface area contributed by atoms with Crippen molar-refractivity contribution in [3.05, 3.63) is 93.4 Å². The number of para-hydroxylation sites is 1. The number of aromatic nitrogens is 3. The van der Waals surface area contributed by atoms with Gasteiger partial charge in [0.05, 0.1) is 29.2 Å². The van der Waals surface area contributed by atoms with E-state index in [0.717, 1.165) is 28.1 Å². The summed E-state index contributed by atoms with van der Waals surface area (Å²) in [5.41, 5.74) is 5.75. The van der Waals surface area contributed by atoms with Crippen molar-refractivity contribution in [1.82, 2.24) is 14.9 Å². The molecular formula is C26H27FN4O3. The van der Waals surface area contributed by atoms with E-state index in [1.54, 1.807) is 23.7 Å². The number of rotatable bonds is 7. The Balaban J connectivity index is 1.52. The van der Waals surface area contributed by atoms with E-state index in [2.05, 4.69) is 15.6 Å². The second-order valence-electron chi connectivity index (χ2n) is 8.36. The van der Waals surface area contributed by atoms with Crippen LogP contribution in [0.1, 0.15) is 49.9 Å². The van der Waals surface area contributed by atoms with Gasteiger partial charge in [-0.1, -0.05) is 35.5 Å². The molecule has 0 saturated carbocycles. The molecule has 0 spiro atoms. The van der Waals surface area contributed by atoms with Gasteiger partial charge in [0.1, 0.15) is 23.9 Å². The monoisotopic (exact) mass is 462 g/mol. The molecule has 4 aromatic rings. The zero-order chi connectivity index (χ0) is 24.4. The lowest BCUT2D eigenvalue weighted by Crippen LogP contribution is -2.16. The van der Waals surface area contributed by atoms with Crippen LogP contribution in [-0.4, -0.2) is 20.8 Å². The summed E-state index contributed by atoms with van der Waals surface area (Å²) >= 11 is 0. The number of anilines is 1. The molecule has 34 heavy (non-hydrogen) atoms. The van der Waals surface area contributed by atoms with Gasteiger partial charge in [-0.05, 0) is 63.4 Å². The molecule has 0 aliphatic rings. The van der Waals surface area contributed by atoms with Crippen molar-refractivity contribution in [3.63, 3.8) is 0 Å². The van der Waals surface area contributed by atoms with E-state index in [1.807, 2.05) is 45.9 Å². The van der Waals surface area contributed by atoms with Crippen LogP contribution in [0, 0.1) is 40.4 Å². The third kappa shape index (κ3) is 4.71. The van der Waals surface area contributed by atoms with Crippen LogP contribution in [-0.2, 0) is 13.2 Å². The lowest BCUT2D eigenvalue weighted by atomic mass is 10.1. The van der Waals surface area contributed by atoms with Crippen molar-refractivity contribution in [3.8, 4) is 5.75 Å². The molecule has 0 fully saturated rings. The zero-order valence-electron chi connectivity index (χ0n) is 19.9. The minimum Gasteiger partial charge on any atom is -0.488 e. The Morgan fingerprint density at radius 2 is 1.74 bits per heavy atom. The number of nitrogens with one attached hydrogen (secondary N) is 1. The topological polar surface area (TPSA) is 82.2 Å². The largest absolute Gasteiger partial charge is 0.488 e. The molecule has 0 bridgehead atoms. The van der Waals surface area contributed by atoms with Crippen LogP contribution in [0.25, 0.3) is 0 Å². The molecule has 1 N–H and O–H groups in total. The summed E-state index contributed by atoms with van der Waals surface area (Å²) in [6.45, 7) is 10.0. The third-order valence-corrected chi connectivity index (χ3v) is 5.83. The number of hydrogen-bond donors (Lipinski definition) is 1. The van der Waals surface area contributed by atoms with Crippen LogP contribution < -0.4 is 10.1 Å². The van der Waals surface area contributed by atoms with Gasteiger partial charge in [-0.2, -0.15) is 5.10 Å². The molecule has 0 radical (unpaired) electrons. The van der Waals surface area contributed by atoms with Crippen molar-refractivity contribution in [2.75, 3.05) is 5.32 Å². The van der Waals surface area contributed by atoms with Crippen LogP contribution in [0.5, 0.6) is 5.75 Å². The highest BCUT2D eigenvalue weighted by Crippen LogP contribution is 2.26. The molecule has 7 nitrogen and oxygen atoms in total. The van der Waals surface area contributed by atoms with Crippen LogP contribution in [0.15, 0.2) is 47.0 Å². The summed E-state index contributed by atoms with van der Waals surface area (Å²) in [6.07, 6.45) is 0. The van der Waals surface area contributed by atoms with Gasteiger partial charge in [0, 0.05) is 0 Å². The average Bonchev–Trinajstić information content (AvgIpc) is 3.29. The first-order chi connectivity index (χ1) is 16.2. The van der Waals surface area contributed by atoms with Gasteiger partial charge in [-0.15, -0.1) is 0 Å². The average molecular weight is 463 g/mol. The molecule has 2 heterocycles. The predicted octanol–water partition coefficient (Wildman–Crippen LogP) is 5.43. The molecule has 8 heteroatoms. The standard InChI is InChI=1S/C26H27FN4O3/c1-15-7-6-8-16(2)25(15)33-14-22-19(5)34-30-24(22)26(32)28-23-17(3)29-31(18(23)4)13-20-9-11-21(27)12-10-20/h6-12H,13-14H2,1-5H3,(H,28,32). The van der Waals surface area contributed by atoms with E-state index >= 15 is 0 Å². The highest BCUT2D eigenvalue weighted by Gasteiger charge is 2.23. The minimum absolute atomic E-state index is 0.158. The predicted molar refractivity (Wildman–Crippen MR) is 127 cm³/mol. The van der Waals surface area contributed by atoms with Gasteiger partial charge in [0.2, 0.25) is 0 Å². The van der Waals surface area contributed by atoms with E-state index in [9.17, 15) is 9.18 Å². The van der Waals surface area contributed by atoms with E-state index in [1.165, 1.54) is 12.1 Å². The van der Waals surface area contributed by atoms with E-state index in [4.69, 9.17) is 9.26 Å². The summed E-state index contributed by atoms with van der Waals surface area (Å²) < 4.78 is 26.3. The molecule has 0 unspecified atom stereocenters. The molecule has 0 saturated heterocycles. The Kier molecular flexibility index (Phi) is 6.49. The summed E-state index contributed by atoms with van der Waals surface area (Å²) in [6, 6.07) is 12.2. The smallest absolute Gasteiger partial charge is 0.278 e. The Bertz CT molecular complexity index is 1320. The van der Waals surface area contributed by atoms with Crippen molar-refractivity contribution >= 4 is 11.6 Å². The molecule has 1 amide bonds. The number of amides is 1. The third-order valence-electron chi connectivity index (χ3n) is 5.83. The fourth-order valence-corrected chi connectivity index (χ4v) is 3.88. The van der Waals surface area contributed by atoms with Gasteiger partial charge in [0.15, 0.2) is 5.69 Å². The molecule has 0 aliphatic heterocycles. The van der Waals surface area contributed by atoms with E-state index in [-0.39, 0.29) is 18.1 Å². The van der Waals surface area contributed by atoms with Gasteiger partial charge in [0.25, 0.3) is 5.91 Å². The maximum atomic E-state index is 13.2. The maximum Gasteiger partial charge on any atom is 0.278 e. The van der Waals surface area contributed by atoms with E-state index in [0.29, 0.717) is 29.2 Å². The second-order valence-corrected chi connectivity index (χ2v) is 8.36. The molecule has 0 aliphatic carbocycles. The number of ether oxygens (including phenoxy) is 1. The second kappa shape index (κ2) is 9.51. The van der Waals surface area contributed by atoms with Crippen molar-refractivity contribution < 1.29 is 18.4 Å². The molecule has 0 atom stereocenters. The van der Waals surface area contributed by atoms with Gasteiger partial charge >= 0.3 is 0 Å². The number of nitrogens with zero attached hydrogens (tertiary/aromatic N) is 3. The Labute approximate surface area is 197 Å². The fourth-order valence-electron chi connectivity index (χ4n) is 3.88. The molecule has 4 rings (SSSR count). The normalized spacial score (nSPS) is 11.0. The quantitative estimate of drug-likeness (QED) is 0.396. The number of hydrogen-bond acceptors (Lipinski definition) is 5. The fraction of sp³-hybridized carbons (Fsp3) is 0.269. The van der Waals surface area contributed by atoms with E-state index < -0.39 is 5.91 Å². The first-order valence-corrected chi connectivity index (χ1v) is 11.0. The highest BCUT2D eigenvalue weighted by molar-refractivity contribution is 6.04. The lowest BCUT2D eigenvalue weighted by Gasteiger charge is -2.12. The van der Waals surface area contributed by atoms with Gasteiger partial charge < -0.3 is 14.6 Å². The Morgan fingerprint density at radius 3 is 2.41 bits per heavy atom. The molecule has 2 aromatic carbocycles. The van der Waals surface area contributed by atoms with Crippen LogP contribution in [0.2, 0.25) is 0 Å². The maximum absolute atomic E-state index is 13.2. The summed E-state index contributed by atoms with van der Waals surface area (Å²) in [7, 11) is 0. The van der Waals surface area contributed by atoms with Crippen LogP contribution in [0.3, 0.4) is 0 Å². The summed E-state index contributed by atoms with van der Waals surface area (Å²) in [5.74, 6) is 0.620. The van der Waals surface area contributed by atoms with Gasteiger partial charge in [-0.25, -0.2) is 4.39 Å². The summed E-state index contributed by atoms with van der Waals surface area (Å²) in [5, 5.41) is 11.4. The molecule has 2 aromatic heterocycles. The SMILES string of the molecule is Cc1cccc(C)c1OCc1c(C(=O)Nc2c(C)nn(Cc3ccc(F)cc3)c2C)noc1C. The number of halogens is 1. The van der Waals surface area contributed by atoms with Crippen molar-refractivity contribution in [1.29, 1.82) is 0 Å². The van der Waals surface area contributed by atoms with Crippen molar-refractivity contribution in [2.24, 2.45) is 0 Å². The van der Waals surface area contributed by atoms with Crippen molar-refractivity contribution in [2.45, 2.75) is 47.8 Å². The minimum atomic E-state index is -0.399.